The van der Waals surface area contributed by atoms with Crippen molar-refractivity contribution in [3.8, 4) is 0 Å². The number of hydrogen-bond donors (Lipinski definition) is 1. The first kappa shape index (κ1) is 12.6. The minimum Gasteiger partial charge on any atom is -0.381 e. The second-order valence-electron chi connectivity index (χ2n) is 5.02. The van der Waals surface area contributed by atoms with E-state index in [-0.39, 0.29) is 0 Å². The molecule has 1 N–H and O–H groups in total. The Balaban J connectivity index is 2.05. The quantitative estimate of drug-likeness (QED) is 0.842. The van der Waals surface area contributed by atoms with Gasteiger partial charge in [0.25, 0.3) is 0 Å². The first-order valence-electron chi connectivity index (χ1n) is 6.52. The molecule has 1 aromatic rings. The van der Waals surface area contributed by atoms with Crippen LogP contribution >= 0.6 is 0 Å². The van der Waals surface area contributed by atoms with E-state index >= 15 is 0 Å². The molecule has 4 nitrogen and oxygen atoms in total. The lowest BCUT2D eigenvalue weighted by molar-refractivity contribution is 0.0158. The van der Waals surface area contributed by atoms with E-state index in [9.17, 15) is 0 Å². The minimum atomic E-state index is 0.356. The highest BCUT2D eigenvalue weighted by molar-refractivity contribution is 5.08. The summed E-state index contributed by atoms with van der Waals surface area (Å²) >= 11 is 0. The normalized spacial score (nSPS) is 19.4. The lowest BCUT2D eigenvalue weighted by Crippen LogP contribution is -2.39. The van der Waals surface area contributed by atoms with Gasteiger partial charge in [-0.3, -0.25) is 4.68 Å². The van der Waals surface area contributed by atoms with Crippen LogP contribution < -0.4 is 5.32 Å². The van der Waals surface area contributed by atoms with Crippen LogP contribution in [0.5, 0.6) is 0 Å². The fourth-order valence-electron chi connectivity index (χ4n) is 2.70. The zero-order valence-electron chi connectivity index (χ0n) is 10.9. The molecule has 2 heterocycles. The van der Waals surface area contributed by atoms with Gasteiger partial charge in [-0.25, -0.2) is 0 Å². The van der Waals surface area contributed by atoms with Gasteiger partial charge in [0.1, 0.15) is 0 Å². The van der Waals surface area contributed by atoms with Crippen molar-refractivity contribution in [1.29, 1.82) is 0 Å². The van der Waals surface area contributed by atoms with Crippen LogP contribution in [-0.4, -0.2) is 36.6 Å². The highest BCUT2D eigenvalue weighted by atomic mass is 16.5. The molecule has 1 fully saturated rings. The van der Waals surface area contributed by atoms with Crippen molar-refractivity contribution in [1.82, 2.24) is 15.1 Å². The first-order valence-corrected chi connectivity index (χ1v) is 6.52. The molecular weight excluding hydrogens is 214 g/mol. The minimum absolute atomic E-state index is 0.356. The molecule has 4 heteroatoms. The van der Waals surface area contributed by atoms with E-state index in [2.05, 4.69) is 23.5 Å². The van der Waals surface area contributed by atoms with Crippen LogP contribution in [0, 0.1) is 5.41 Å². The molecule has 0 spiro atoms. The Morgan fingerprint density at radius 2 is 2.24 bits per heavy atom. The van der Waals surface area contributed by atoms with Crippen LogP contribution in [0.3, 0.4) is 0 Å². The van der Waals surface area contributed by atoms with E-state index in [0.717, 1.165) is 45.6 Å². The van der Waals surface area contributed by atoms with Gasteiger partial charge in [0.2, 0.25) is 0 Å². The summed E-state index contributed by atoms with van der Waals surface area (Å²) in [7, 11) is 2.03. The average Bonchev–Trinajstić information content (AvgIpc) is 2.78. The van der Waals surface area contributed by atoms with Crippen LogP contribution in [0.1, 0.15) is 25.3 Å². The summed E-state index contributed by atoms with van der Waals surface area (Å²) in [6.45, 7) is 5.91. The van der Waals surface area contributed by atoms with Gasteiger partial charge in [-0.05, 0) is 44.2 Å². The number of aryl methyl sites for hydroxylation is 1. The molecular formula is C13H23N3O. The number of rotatable bonds is 5. The Morgan fingerprint density at radius 1 is 1.47 bits per heavy atom. The van der Waals surface area contributed by atoms with E-state index in [0.29, 0.717) is 5.41 Å². The third kappa shape index (κ3) is 3.07. The Bertz CT molecular complexity index is 337. The van der Waals surface area contributed by atoms with Crippen molar-refractivity contribution in [2.24, 2.45) is 5.41 Å². The predicted octanol–water partition coefficient (Wildman–Crippen LogP) is 1.46. The SMILES string of the molecule is CCn1cc(CC2(CNC)CCOCC2)cn1. The zero-order chi connectivity index (χ0) is 12.1. The molecule has 0 saturated carbocycles. The van der Waals surface area contributed by atoms with E-state index < -0.39 is 0 Å². The Kier molecular flexibility index (Phi) is 4.18. The summed E-state index contributed by atoms with van der Waals surface area (Å²) in [6.07, 6.45) is 7.58. The highest BCUT2D eigenvalue weighted by Gasteiger charge is 2.32. The van der Waals surface area contributed by atoms with Crippen molar-refractivity contribution >= 4 is 0 Å². The maximum Gasteiger partial charge on any atom is 0.0521 e. The third-order valence-corrected chi connectivity index (χ3v) is 3.70. The van der Waals surface area contributed by atoms with Gasteiger partial charge in [0.05, 0.1) is 6.20 Å². The largest absolute Gasteiger partial charge is 0.381 e. The lowest BCUT2D eigenvalue weighted by atomic mass is 9.75. The van der Waals surface area contributed by atoms with Gasteiger partial charge >= 0.3 is 0 Å². The van der Waals surface area contributed by atoms with Crippen LogP contribution in [-0.2, 0) is 17.7 Å². The molecule has 0 bridgehead atoms. The van der Waals surface area contributed by atoms with Gasteiger partial charge < -0.3 is 10.1 Å². The van der Waals surface area contributed by atoms with E-state index in [1.807, 2.05) is 17.9 Å². The summed E-state index contributed by atoms with van der Waals surface area (Å²) in [5, 5.41) is 7.69. The Morgan fingerprint density at radius 3 is 2.82 bits per heavy atom. The zero-order valence-corrected chi connectivity index (χ0v) is 10.9. The molecule has 17 heavy (non-hydrogen) atoms. The molecule has 0 unspecified atom stereocenters. The van der Waals surface area contributed by atoms with Crippen molar-refractivity contribution < 1.29 is 4.74 Å². The van der Waals surface area contributed by atoms with Crippen molar-refractivity contribution in [2.45, 2.75) is 32.7 Å². The number of nitrogens with zero attached hydrogens (tertiary/aromatic N) is 2. The van der Waals surface area contributed by atoms with Crippen LogP contribution in [0.15, 0.2) is 12.4 Å². The molecule has 0 aliphatic carbocycles. The second-order valence-corrected chi connectivity index (χ2v) is 5.02. The average molecular weight is 237 g/mol. The van der Waals surface area contributed by atoms with Crippen molar-refractivity contribution in [3.05, 3.63) is 18.0 Å². The van der Waals surface area contributed by atoms with E-state index in [4.69, 9.17) is 4.74 Å². The number of hydrogen-bond acceptors (Lipinski definition) is 3. The molecule has 96 valence electrons. The smallest absolute Gasteiger partial charge is 0.0521 e. The standard InChI is InChI=1S/C13H23N3O/c1-3-16-10-12(9-15-16)8-13(11-14-2)4-6-17-7-5-13/h9-10,14H,3-8,11H2,1-2H3. The van der Waals surface area contributed by atoms with Gasteiger partial charge in [-0.15, -0.1) is 0 Å². The fourth-order valence-corrected chi connectivity index (χ4v) is 2.70. The monoisotopic (exact) mass is 237 g/mol. The second kappa shape index (κ2) is 5.65. The molecule has 1 saturated heterocycles. The summed E-state index contributed by atoms with van der Waals surface area (Å²) < 4.78 is 7.49. The summed E-state index contributed by atoms with van der Waals surface area (Å²) in [6, 6.07) is 0. The van der Waals surface area contributed by atoms with E-state index in [1.165, 1.54) is 5.56 Å². The molecule has 2 rings (SSSR count). The molecule has 0 atom stereocenters. The maximum absolute atomic E-state index is 5.49. The number of ether oxygens (including phenoxy) is 1. The van der Waals surface area contributed by atoms with Crippen molar-refractivity contribution in [2.75, 3.05) is 26.8 Å². The van der Waals surface area contributed by atoms with Crippen LogP contribution in [0.25, 0.3) is 0 Å². The summed E-state index contributed by atoms with van der Waals surface area (Å²) in [4.78, 5) is 0. The van der Waals surface area contributed by atoms with Crippen LogP contribution in [0.4, 0.5) is 0 Å². The van der Waals surface area contributed by atoms with E-state index in [1.54, 1.807) is 0 Å². The molecule has 0 amide bonds. The third-order valence-electron chi connectivity index (χ3n) is 3.70. The summed E-state index contributed by atoms with van der Waals surface area (Å²) in [5.74, 6) is 0. The number of nitrogens with one attached hydrogen (secondary N) is 1. The molecule has 1 aliphatic rings. The lowest BCUT2D eigenvalue weighted by Gasteiger charge is -2.37. The van der Waals surface area contributed by atoms with Gasteiger partial charge in [-0.2, -0.15) is 5.10 Å². The molecule has 1 aliphatic heterocycles. The Labute approximate surface area is 103 Å². The van der Waals surface area contributed by atoms with Crippen LogP contribution in [0.2, 0.25) is 0 Å². The van der Waals surface area contributed by atoms with Gasteiger partial charge in [0, 0.05) is 32.5 Å². The predicted molar refractivity (Wildman–Crippen MR) is 68.0 cm³/mol. The first-order chi connectivity index (χ1) is 8.28. The molecule has 0 radical (unpaired) electrons. The van der Waals surface area contributed by atoms with Gasteiger partial charge in [-0.1, -0.05) is 0 Å². The highest BCUT2D eigenvalue weighted by Crippen LogP contribution is 2.33. The van der Waals surface area contributed by atoms with Gasteiger partial charge in [0.15, 0.2) is 0 Å². The maximum atomic E-state index is 5.49. The number of aromatic nitrogens is 2. The molecule has 1 aromatic heterocycles. The summed E-state index contributed by atoms with van der Waals surface area (Å²) in [5.41, 5.74) is 1.71. The fraction of sp³-hybridized carbons (Fsp3) is 0.769. The Hall–Kier alpha value is -0.870. The molecule has 0 aromatic carbocycles. The topological polar surface area (TPSA) is 39.1 Å². The van der Waals surface area contributed by atoms with Crippen molar-refractivity contribution in [3.63, 3.8) is 0 Å².